The fraction of sp³-hybridized carbons (Fsp3) is 0.600. The molecule has 0 radical (unpaired) electrons. The van der Waals surface area contributed by atoms with E-state index >= 15 is 0 Å². The molecule has 1 aromatic carbocycles. The third-order valence-corrected chi connectivity index (χ3v) is 4.05. The van der Waals surface area contributed by atoms with Crippen molar-refractivity contribution in [3.63, 3.8) is 0 Å². The highest BCUT2D eigenvalue weighted by atomic mass is 35.5. The Balaban J connectivity index is 2.18. The molecule has 1 aromatic rings. The number of anilines is 1. The fourth-order valence-electron chi connectivity index (χ4n) is 2.89. The predicted molar refractivity (Wildman–Crippen MR) is 79.4 cm³/mol. The lowest BCUT2D eigenvalue weighted by Crippen LogP contribution is -2.26. The average Bonchev–Trinajstić information content (AvgIpc) is 2.60. The van der Waals surface area contributed by atoms with E-state index in [-0.39, 0.29) is 6.04 Å². The van der Waals surface area contributed by atoms with Crippen LogP contribution < -0.4 is 10.6 Å². The molecule has 2 N–H and O–H groups in total. The number of nitrogens with two attached hydrogens (primary N) is 1. The highest BCUT2D eigenvalue weighted by Crippen LogP contribution is 2.31. The number of rotatable bonds is 3. The molecule has 1 aliphatic rings. The molecule has 0 saturated carbocycles. The zero-order valence-corrected chi connectivity index (χ0v) is 12.2. The standard InChI is InChI=1S/C15H23ClN2/c1-10-6-12(3)18(9-10)14-5-4-13(7-11(2)17)15(16)8-14/h4-5,8,10-12H,6-7,9,17H2,1-3H3. The van der Waals surface area contributed by atoms with Gasteiger partial charge in [-0.1, -0.05) is 24.6 Å². The Morgan fingerprint density at radius 3 is 2.67 bits per heavy atom. The van der Waals surface area contributed by atoms with Crippen LogP contribution in [0.3, 0.4) is 0 Å². The minimum atomic E-state index is 0.152. The second-order valence-corrected chi connectivity index (χ2v) is 6.21. The molecule has 2 nitrogen and oxygen atoms in total. The Labute approximate surface area is 115 Å². The average molecular weight is 267 g/mol. The van der Waals surface area contributed by atoms with Crippen molar-refractivity contribution in [3.8, 4) is 0 Å². The molecule has 3 heteroatoms. The van der Waals surface area contributed by atoms with E-state index in [2.05, 4.69) is 36.9 Å². The minimum absolute atomic E-state index is 0.152. The van der Waals surface area contributed by atoms with Gasteiger partial charge < -0.3 is 10.6 Å². The normalized spacial score (nSPS) is 25.5. The number of halogens is 1. The van der Waals surface area contributed by atoms with Crippen molar-refractivity contribution in [2.45, 2.75) is 45.7 Å². The number of hydrogen-bond donors (Lipinski definition) is 1. The first-order valence-corrected chi connectivity index (χ1v) is 7.15. The summed E-state index contributed by atoms with van der Waals surface area (Å²) in [5.41, 5.74) is 8.21. The van der Waals surface area contributed by atoms with Crippen molar-refractivity contribution in [1.29, 1.82) is 0 Å². The van der Waals surface area contributed by atoms with Crippen molar-refractivity contribution >= 4 is 17.3 Å². The molecule has 1 fully saturated rings. The molecule has 2 rings (SSSR count). The second-order valence-electron chi connectivity index (χ2n) is 5.80. The summed E-state index contributed by atoms with van der Waals surface area (Å²) < 4.78 is 0. The maximum Gasteiger partial charge on any atom is 0.0459 e. The van der Waals surface area contributed by atoms with Gasteiger partial charge in [-0.25, -0.2) is 0 Å². The number of hydrogen-bond acceptors (Lipinski definition) is 2. The Kier molecular flexibility index (Phi) is 4.18. The van der Waals surface area contributed by atoms with Gasteiger partial charge in [0.1, 0.15) is 0 Å². The third-order valence-electron chi connectivity index (χ3n) is 3.69. The topological polar surface area (TPSA) is 29.3 Å². The maximum atomic E-state index is 6.35. The number of benzene rings is 1. The van der Waals surface area contributed by atoms with Crippen LogP contribution in [0.15, 0.2) is 18.2 Å². The van der Waals surface area contributed by atoms with Crippen LogP contribution in [-0.4, -0.2) is 18.6 Å². The molecule has 0 bridgehead atoms. The second kappa shape index (κ2) is 5.50. The van der Waals surface area contributed by atoms with Crippen LogP contribution in [0.2, 0.25) is 5.02 Å². The smallest absolute Gasteiger partial charge is 0.0459 e. The van der Waals surface area contributed by atoms with Crippen molar-refractivity contribution in [2.75, 3.05) is 11.4 Å². The highest BCUT2D eigenvalue weighted by Gasteiger charge is 2.26. The molecule has 0 aliphatic carbocycles. The van der Waals surface area contributed by atoms with Crippen LogP contribution in [0.5, 0.6) is 0 Å². The quantitative estimate of drug-likeness (QED) is 0.908. The predicted octanol–water partition coefficient (Wildman–Crippen LogP) is 3.46. The van der Waals surface area contributed by atoms with Crippen molar-refractivity contribution in [2.24, 2.45) is 11.7 Å². The summed E-state index contributed by atoms with van der Waals surface area (Å²) in [4.78, 5) is 2.45. The molecule has 100 valence electrons. The van der Waals surface area contributed by atoms with Gasteiger partial charge >= 0.3 is 0 Å². The summed E-state index contributed by atoms with van der Waals surface area (Å²) in [5.74, 6) is 0.766. The lowest BCUT2D eigenvalue weighted by Gasteiger charge is -2.24. The molecular weight excluding hydrogens is 244 g/mol. The molecule has 0 spiro atoms. The summed E-state index contributed by atoms with van der Waals surface area (Å²) in [5, 5.41) is 0.844. The van der Waals surface area contributed by atoms with Crippen LogP contribution in [0.25, 0.3) is 0 Å². The van der Waals surface area contributed by atoms with E-state index in [1.165, 1.54) is 12.1 Å². The zero-order chi connectivity index (χ0) is 13.3. The zero-order valence-electron chi connectivity index (χ0n) is 11.5. The van der Waals surface area contributed by atoms with Gasteiger partial charge in [-0.05, 0) is 50.3 Å². The maximum absolute atomic E-state index is 6.35. The van der Waals surface area contributed by atoms with E-state index in [0.717, 1.165) is 29.5 Å². The molecule has 1 saturated heterocycles. The van der Waals surface area contributed by atoms with Gasteiger partial charge in [0.05, 0.1) is 0 Å². The van der Waals surface area contributed by atoms with E-state index in [9.17, 15) is 0 Å². The van der Waals surface area contributed by atoms with Gasteiger partial charge in [0.2, 0.25) is 0 Å². The SMILES string of the molecule is CC(N)Cc1ccc(N2CC(C)CC2C)cc1Cl. The molecule has 1 heterocycles. The molecule has 3 atom stereocenters. The van der Waals surface area contributed by atoms with E-state index in [4.69, 9.17) is 17.3 Å². The van der Waals surface area contributed by atoms with Gasteiger partial charge in [-0.3, -0.25) is 0 Å². The van der Waals surface area contributed by atoms with Crippen LogP contribution >= 0.6 is 11.6 Å². The summed E-state index contributed by atoms with van der Waals surface area (Å²) in [6.45, 7) is 7.73. The van der Waals surface area contributed by atoms with Gasteiger partial charge in [-0.15, -0.1) is 0 Å². The van der Waals surface area contributed by atoms with Crippen LogP contribution in [-0.2, 0) is 6.42 Å². The van der Waals surface area contributed by atoms with Crippen LogP contribution in [0, 0.1) is 5.92 Å². The number of nitrogens with zero attached hydrogens (tertiary/aromatic N) is 1. The molecule has 0 amide bonds. The molecule has 3 unspecified atom stereocenters. The first-order chi connectivity index (χ1) is 8.47. The van der Waals surface area contributed by atoms with Crippen LogP contribution in [0.1, 0.15) is 32.8 Å². The first kappa shape index (κ1) is 13.7. The molecule has 0 aromatic heterocycles. The molecule has 18 heavy (non-hydrogen) atoms. The molecular formula is C15H23ClN2. The monoisotopic (exact) mass is 266 g/mol. The highest BCUT2D eigenvalue weighted by molar-refractivity contribution is 6.31. The van der Waals surface area contributed by atoms with E-state index < -0.39 is 0 Å². The van der Waals surface area contributed by atoms with E-state index in [1.54, 1.807) is 0 Å². The summed E-state index contributed by atoms with van der Waals surface area (Å²) in [7, 11) is 0. The Hall–Kier alpha value is -0.730. The van der Waals surface area contributed by atoms with Crippen molar-refractivity contribution in [1.82, 2.24) is 0 Å². The Morgan fingerprint density at radius 1 is 1.44 bits per heavy atom. The van der Waals surface area contributed by atoms with Crippen LogP contribution in [0.4, 0.5) is 5.69 Å². The van der Waals surface area contributed by atoms with Gasteiger partial charge in [0, 0.05) is 29.3 Å². The summed E-state index contributed by atoms with van der Waals surface area (Å²) >= 11 is 6.35. The third kappa shape index (κ3) is 2.99. The fourth-order valence-corrected chi connectivity index (χ4v) is 3.14. The molecule has 1 aliphatic heterocycles. The lowest BCUT2D eigenvalue weighted by atomic mass is 10.1. The lowest BCUT2D eigenvalue weighted by molar-refractivity contribution is 0.625. The van der Waals surface area contributed by atoms with Crippen molar-refractivity contribution in [3.05, 3.63) is 28.8 Å². The van der Waals surface area contributed by atoms with Gasteiger partial charge in [0.15, 0.2) is 0 Å². The van der Waals surface area contributed by atoms with E-state index in [1.807, 2.05) is 6.92 Å². The Bertz CT molecular complexity index is 417. The van der Waals surface area contributed by atoms with E-state index in [0.29, 0.717) is 6.04 Å². The largest absolute Gasteiger partial charge is 0.369 e. The van der Waals surface area contributed by atoms with Crippen molar-refractivity contribution < 1.29 is 0 Å². The van der Waals surface area contributed by atoms with Gasteiger partial charge in [0.25, 0.3) is 0 Å². The van der Waals surface area contributed by atoms with Gasteiger partial charge in [-0.2, -0.15) is 0 Å². The summed E-state index contributed by atoms with van der Waals surface area (Å²) in [6, 6.07) is 7.15. The minimum Gasteiger partial charge on any atom is -0.369 e. The summed E-state index contributed by atoms with van der Waals surface area (Å²) in [6.07, 6.45) is 2.10. The first-order valence-electron chi connectivity index (χ1n) is 6.78. The Morgan fingerprint density at radius 2 is 2.17 bits per heavy atom.